The number of carbonyl (C=O) groups is 1. The lowest BCUT2D eigenvalue weighted by molar-refractivity contribution is 0.0693. The smallest absolute Gasteiger partial charge is 0.290 e. The van der Waals surface area contributed by atoms with Gasteiger partial charge in [0.1, 0.15) is 0 Å². The molecule has 8 heteroatoms. The van der Waals surface area contributed by atoms with Gasteiger partial charge in [-0.25, -0.2) is 13.1 Å². The third-order valence-corrected chi connectivity index (χ3v) is 6.14. The van der Waals surface area contributed by atoms with Gasteiger partial charge in [0.25, 0.3) is 15.9 Å². The molecular formula is C17H22N2O4S2. The topological polar surface area (TPSA) is 79.6 Å². The number of nitrogens with zero attached hydrogens (tertiary/aromatic N) is 1. The third kappa shape index (κ3) is 4.50. The normalized spacial score (nSPS) is 15.3. The summed E-state index contributed by atoms with van der Waals surface area (Å²) in [6.07, 6.45) is 1.93. The van der Waals surface area contributed by atoms with E-state index in [0.29, 0.717) is 6.54 Å². The molecule has 0 aromatic carbocycles. The van der Waals surface area contributed by atoms with Crippen LogP contribution in [0.5, 0.6) is 0 Å². The van der Waals surface area contributed by atoms with Gasteiger partial charge in [0.05, 0.1) is 6.54 Å². The van der Waals surface area contributed by atoms with E-state index < -0.39 is 15.6 Å². The minimum Gasteiger partial charge on any atom is -0.438 e. The highest BCUT2D eigenvalue weighted by Crippen LogP contribution is 2.31. The maximum absolute atomic E-state index is 12.8. The molecule has 1 amide bonds. The Morgan fingerprint density at radius 2 is 2.04 bits per heavy atom. The predicted molar refractivity (Wildman–Crippen MR) is 96.0 cm³/mol. The van der Waals surface area contributed by atoms with E-state index in [1.54, 1.807) is 37.0 Å². The molecule has 136 valence electrons. The van der Waals surface area contributed by atoms with Crippen LogP contribution in [0, 0.1) is 0 Å². The number of carbonyl (C=O) groups excluding carboxylic acids is 1. The first-order valence-electron chi connectivity index (χ1n) is 8.13. The lowest BCUT2D eigenvalue weighted by Crippen LogP contribution is -2.40. The molecule has 2 aromatic rings. The second-order valence-electron chi connectivity index (χ2n) is 7.22. The Hall–Kier alpha value is -1.64. The Kier molecular flexibility index (Phi) is 4.78. The van der Waals surface area contributed by atoms with Crippen LogP contribution in [0.15, 0.2) is 39.2 Å². The molecule has 3 rings (SSSR count). The molecule has 0 atom stereocenters. The van der Waals surface area contributed by atoms with E-state index in [1.807, 2.05) is 17.5 Å². The van der Waals surface area contributed by atoms with Crippen molar-refractivity contribution in [3.8, 4) is 0 Å². The second kappa shape index (κ2) is 6.59. The summed E-state index contributed by atoms with van der Waals surface area (Å²) in [5, 5.41) is 1.73. The van der Waals surface area contributed by atoms with Crippen molar-refractivity contribution in [3.05, 3.63) is 40.3 Å². The Bertz CT molecular complexity index is 844. The highest BCUT2D eigenvalue weighted by atomic mass is 32.2. The molecule has 1 N–H and O–H groups in total. The fourth-order valence-electron chi connectivity index (χ4n) is 2.50. The van der Waals surface area contributed by atoms with Crippen LogP contribution in [0.25, 0.3) is 0 Å². The van der Waals surface area contributed by atoms with E-state index >= 15 is 0 Å². The number of sulfonamides is 1. The van der Waals surface area contributed by atoms with Gasteiger partial charge in [0.2, 0.25) is 5.09 Å². The molecular weight excluding hydrogens is 360 g/mol. The molecule has 0 unspecified atom stereocenters. The van der Waals surface area contributed by atoms with E-state index in [2.05, 4.69) is 4.72 Å². The molecule has 6 nitrogen and oxygen atoms in total. The molecule has 2 aromatic heterocycles. The maximum atomic E-state index is 12.8. The van der Waals surface area contributed by atoms with Crippen molar-refractivity contribution < 1.29 is 17.6 Å². The summed E-state index contributed by atoms with van der Waals surface area (Å²) in [6, 6.07) is 6.90. The van der Waals surface area contributed by atoms with Gasteiger partial charge in [-0.15, -0.1) is 11.3 Å². The predicted octanol–water partition coefficient (Wildman–Crippen LogP) is 3.22. The van der Waals surface area contributed by atoms with Crippen LogP contribution in [-0.2, 0) is 16.6 Å². The van der Waals surface area contributed by atoms with Crippen molar-refractivity contribution in [2.45, 2.75) is 56.8 Å². The maximum Gasteiger partial charge on any atom is 0.290 e. The summed E-state index contributed by atoms with van der Waals surface area (Å²) in [5.41, 5.74) is -0.630. The molecule has 0 radical (unpaired) electrons. The van der Waals surface area contributed by atoms with Crippen LogP contribution in [0.1, 0.15) is 49.0 Å². The monoisotopic (exact) mass is 382 g/mol. The molecule has 2 heterocycles. The molecule has 0 bridgehead atoms. The molecule has 0 saturated heterocycles. The molecule has 1 aliphatic carbocycles. The van der Waals surface area contributed by atoms with Crippen LogP contribution < -0.4 is 4.72 Å². The highest BCUT2D eigenvalue weighted by Gasteiger charge is 2.35. The van der Waals surface area contributed by atoms with E-state index in [-0.39, 0.29) is 22.8 Å². The van der Waals surface area contributed by atoms with Crippen LogP contribution in [0.2, 0.25) is 0 Å². The zero-order chi connectivity index (χ0) is 18.2. The van der Waals surface area contributed by atoms with Crippen LogP contribution >= 0.6 is 11.3 Å². The Balaban J connectivity index is 1.79. The first-order chi connectivity index (χ1) is 11.7. The summed E-state index contributed by atoms with van der Waals surface area (Å²) < 4.78 is 32.6. The van der Waals surface area contributed by atoms with Crippen molar-refractivity contribution in [2.75, 3.05) is 0 Å². The standard InChI is InChI=1S/C17H22N2O4S2/c1-17(2,3)18-25(21,22)15-9-8-14(23-15)16(20)19(12-6-7-12)11-13-5-4-10-24-13/h4-5,8-10,12,18H,6-7,11H2,1-3H3. The molecule has 25 heavy (non-hydrogen) atoms. The number of nitrogens with one attached hydrogen (secondary N) is 1. The van der Waals surface area contributed by atoms with Crippen LogP contribution in [0.3, 0.4) is 0 Å². The minimum absolute atomic E-state index is 0.0535. The first-order valence-corrected chi connectivity index (χ1v) is 10.5. The lowest BCUT2D eigenvalue weighted by Gasteiger charge is -2.20. The third-order valence-electron chi connectivity index (χ3n) is 3.65. The average Bonchev–Trinajstić information content (AvgIpc) is 3.01. The van der Waals surface area contributed by atoms with Crippen molar-refractivity contribution in [2.24, 2.45) is 0 Å². The van der Waals surface area contributed by atoms with Crippen molar-refractivity contribution in [1.29, 1.82) is 0 Å². The fourth-order valence-corrected chi connectivity index (χ4v) is 4.55. The number of rotatable bonds is 6. The molecule has 0 spiro atoms. The van der Waals surface area contributed by atoms with E-state index in [0.717, 1.165) is 17.7 Å². The van der Waals surface area contributed by atoms with Gasteiger partial charge < -0.3 is 9.32 Å². The van der Waals surface area contributed by atoms with Gasteiger partial charge in [-0.3, -0.25) is 4.79 Å². The number of hydrogen-bond acceptors (Lipinski definition) is 5. The van der Waals surface area contributed by atoms with Crippen molar-refractivity contribution in [1.82, 2.24) is 9.62 Å². The van der Waals surface area contributed by atoms with E-state index in [1.165, 1.54) is 12.1 Å². The molecule has 1 saturated carbocycles. The number of furan rings is 1. The second-order valence-corrected chi connectivity index (χ2v) is 9.86. The zero-order valence-electron chi connectivity index (χ0n) is 14.5. The largest absolute Gasteiger partial charge is 0.438 e. The Labute approximate surface area is 151 Å². The Morgan fingerprint density at radius 1 is 1.32 bits per heavy atom. The van der Waals surface area contributed by atoms with Gasteiger partial charge in [-0.2, -0.15) is 0 Å². The number of amides is 1. The molecule has 1 fully saturated rings. The fraction of sp³-hybridized carbons (Fsp3) is 0.471. The quantitative estimate of drug-likeness (QED) is 0.832. The SMILES string of the molecule is CC(C)(C)NS(=O)(=O)c1ccc(C(=O)N(Cc2cccs2)C2CC2)o1. The summed E-state index contributed by atoms with van der Waals surface area (Å²) in [4.78, 5) is 15.7. The summed E-state index contributed by atoms with van der Waals surface area (Å²) in [7, 11) is -3.80. The zero-order valence-corrected chi connectivity index (χ0v) is 16.1. The summed E-state index contributed by atoms with van der Waals surface area (Å²) in [6.45, 7) is 5.75. The van der Waals surface area contributed by atoms with Gasteiger partial charge >= 0.3 is 0 Å². The first kappa shape index (κ1) is 18.2. The van der Waals surface area contributed by atoms with Gasteiger partial charge in [-0.05, 0) is 57.2 Å². The number of thiophene rings is 1. The lowest BCUT2D eigenvalue weighted by atomic mass is 10.1. The highest BCUT2D eigenvalue weighted by molar-refractivity contribution is 7.89. The van der Waals surface area contributed by atoms with E-state index in [9.17, 15) is 13.2 Å². The minimum atomic E-state index is -3.80. The average molecular weight is 383 g/mol. The molecule has 0 aliphatic heterocycles. The Morgan fingerprint density at radius 3 is 2.60 bits per heavy atom. The molecule has 1 aliphatic rings. The van der Waals surface area contributed by atoms with Crippen LogP contribution in [0.4, 0.5) is 0 Å². The van der Waals surface area contributed by atoms with Gasteiger partial charge in [0, 0.05) is 16.5 Å². The van der Waals surface area contributed by atoms with Gasteiger partial charge in [0.15, 0.2) is 5.76 Å². The summed E-state index contributed by atoms with van der Waals surface area (Å²) in [5.74, 6) is -0.217. The van der Waals surface area contributed by atoms with Gasteiger partial charge in [-0.1, -0.05) is 6.07 Å². The van der Waals surface area contributed by atoms with Crippen molar-refractivity contribution in [3.63, 3.8) is 0 Å². The summed E-state index contributed by atoms with van der Waals surface area (Å²) >= 11 is 1.59. The number of hydrogen-bond donors (Lipinski definition) is 1. The van der Waals surface area contributed by atoms with Crippen molar-refractivity contribution >= 4 is 27.3 Å². The van der Waals surface area contributed by atoms with E-state index in [4.69, 9.17) is 4.42 Å². The van der Waals surface area contributed by atoms with Crippen LogP contribution in [-0.4, -0.2) is 30.8 Å².